The predicted molar refractivity (Wildman–Crippen MR) is 115 cm³/mol. The van der Waals surface area contributed by atoms with Crippen LogP contribution in [0, 0.1) is 12.8 Å². The van der Waals surface area contributed by atoms with Gasteiger partial charge in [-0.1, -0.05) is 51.4 Å². The molecule has 6 nitrogen and oxygen atoms in total. The number of benzene rings is 2. The van der Waals surface area contributed by atoms with E-state index in [-0.39, 0.29) is 11.8 Å². The number of halogens is 1. The topological polar surface area (TPSA) is 71.3 Å². The van der Waals surface area contributed by atoms with E-state index in [1.165, 1.54) is 0 Å². The standard InChI is InChI=1S/C22H23BrN4O2/c1-15-5-2-3-8-19(15)24-22(28)16-9-11-27(12-10-16)14-20-25-21(26-29-20)17-6-4-7-18(23)13-17/h2-8,13,16H,9-12,14H2,1H3,(H,24,28). The number of carbonyl (C=O) groups is 1. The van der Waals surface area contributed by atoms with E-state index in [9.17, 15) is 4.79 Å². The van der Waals surface area contributed by atoms with Crippen molar-refractivity contribution in [1.29, 1.82) is 0 Å². The van der Waals surface area contributed by atoms with Crippen LogP contribution in [0.4, 0.5) is 5.69 Å². The summed E-state index contributed by atoms with van der Waals surface area (Å²) in [6.07, 6.45) is 1.65. The number of nitrogens with one attached hydrogen (secondary N) is 1. The first kappa shape index (κ1) is 19.8. The quantitative estimate of drug-likeness (QED) is 0.606. The van der Waals surface area contributed by atoms with Gasteiger partial charge < -0.3 is 9.84 Å². The molecular weight excluding hydrogens is 432 g/mol. The van der Waals surface area contributed by atoms with Crippen LogP contribution in [0.2, 0.25) is 0 Å². The monoisotopic (exact) mass is 454 g/mol. The Morgan fingerprint density at radius 1 is 1.21 bits per heavy atom. The number of hydrogen-bond acceptors (Lipinski definition) is 5. The summed E-state index contributed by atoms with van der Waals surface area (Å²) in [4.78, 5) is 19.4. The number of likely N-dealkylation sites (tertiary alicyclic amines) is 1. The van der Waals surface area contributed by atoms with Gasteiger partial charge in [0.2, 0.25) is 17.6 Å². The summed E-state index contributed by atoms with van der Waals surface area (Å²) in [5.74, 6) is 1.33. The summed E-state index contributed by atoms with van der Waals surface area (Å²) in [7, 11) is 0. The van der Waals surface area contributed by atoms with Gasteiger partial charge in [-0.15, -0.1) is 0 Å². The SMILES string of the molecule is Cc1ccccc1NC(=O)C1CCN(Cc2nc(-c3cccc(Br)c3)no2)CC1. The molecule has 0 atom stereocenters. The lowest BCUT2D eigenvalue weighted by Crippen LogP contribution is -2.37. The lowest BCUT2D eigenvalue weighted by atomic mass is 9.95. The second kappa shape index (κ2) is 8.88. The third-order valence-electron chi connectivity index (χ3n) is 5.27. The first-order valence-corrected chi connectivity index (χ1v) is 10.5. The number of carbonyl (C=O) groups excluding carboxylic acids is 1. The minimum atomic E-state index is 0.0331. The third kappa shape index (κ3) is 4.92. The van der Waals surface area contributed by atoms with Crippen molar-refractivity contribution in [3.63, 3.8) is 0 Å². The number of anilines is 1. The molecule has 0 saturated carbocycles. The highest BCUT2D eigenvalue weighted by Crippen LogP contribution is 2.23. The maximum atomic E-state index is 12.6. The molecule has 150 valence electrons. The van der Waals surface area contributed by atoms with Crippen molar-refractivity contribution < 1.29 is 9.32 Å². The molecule has 1 amide bonds. The van der Waals surface area contributed by atoms with Crippen LogP contribution in [0.15, 0.2) is 57.5 Å². The Hall–Kier alpha value is -2.51. The molecule has 0 aliphatic carbocycles. The summed E-state index contributed by atoms with van der Waals surface area (Å²) in [5, 5.41) is 7.16. The van der Waals surface area contributed by atoms with Crippen molar-refractivity contribution in [3.8, 4) is 11.4 Å². The summed E-state index contributed by atoms with van der Waals surface area (Å²) in [5.41, 5.74) is 2.89. The molecule has 1 saturated heterocycles. The highest BCUT2D eigenvalue weighted by Gasteiger charge is 2.26. The molecule has 1 aliphatic heterocycles. The average Bonchev–Trinajstić information content (AvgIpc) is 3.19. The predicted octanol–water partition coefficient (Wildman–Crippen LogP) is 4.66. The minimum absolute atomic E-state index is 0.0331. The van der Waals surface area contributed by atoms with E-state index >= 15 is 0 Å². The second-order valence-corrected chi connectivity index (χ2v) is 8.29. The van der Waals surface area contributed by atoms with Gasteiger partial charge in [-0.25, -0.2) is 0 Å². The number of nitrogens with zero attached hydrogens (tertiary/aromatic N) is 3. The normalized spacial score (nSPS) is 15.4. The molecule has 2 aromatic carbocycles. The zero-order chi connectivity index (χ0) is 20.2. The van der Waals surface area contributed by atoms with Crippen LogP contribution in [-0.4, -0.2) is 34.0 Å². The molecular formula is C22H23BrN4O2. The maximum absolute atomic E-state index is 12.6. The molecule has 0 radical (unpaired) electrons. The number of aryl methyl sites for hydroxylation is 1. The first-order valence-electron chi connectivity index (χ1n) is 9.76. The van der Waals surface area contributed by atoms with Crippen molar-refractivity contribution in [2.75, 3.05) is 18.4 Å². The molecule has 2 heterocycles. The average molecular weight is 455 g/mol. The van der Waals surface area contributed by atoms with E-state index in [4.69, 9.17) is 4.52 Å². The van der Waals surface area contributed by atoms with Gasteiger partial charge in [0.15, 0.2) is 0 Å². The molecule has 1 N–H and O–H groups in total. The van der Waals surface area contributed by atoms with Gasteiger partial charge in [-0.05, 0) is 56.6 Å². The Balaban J connectivity index is 1.30. The number of para-hydroxylation sites is 1. The Morgan fingerprint density at radius 2 is 2.00 bits per heavy atom. The fourth-order valence-corrected chi connectivity index (χ4v) is 3.96. The van der Waals surface area contributed by atoms with Crippen LogP contribution in [0.25, 0.3) is 11.4 Å². The van der Waals surface area contributed by atoms with Crippen LogP contribution in [0.3, 0.4) is 0 Å². The van der Waals surface area contributed by atoms with E-state index < -0.39 is 0 Å². The van der Waals surface area contributed by atoms with Crippen LogP contribution in [-0.2, 0) is 11.3 Å². The highest BCUT2D eigenvalue weighted by atomic mass is 79.9. The zero-order valence-corrected chi connectivity index (χ0v) is 17.9. The van der Waals surface area contributed by atoms with Crippen molar-refractivity contribution in [3.05, 3.63) is 64.5 Å². The van der Waals surface area contributed by atoms with Crippen LogP contribution >= 0.6 is 15.9 Å². The lowest BCUT2D eigenvalue weighted by molar-refractivity contribution is -0.121. The van der Waals surface area contributed by atoms with E-state index in [1.807, 2.05) is 55.5 Å². The Bertz CT molecular complexity index is 996. The van der Waals surface area contributed by atoms with E-state index in [1.54, 1.807) is 0 Å². The Morgan fingerprint density at radius 3 is 2.76 bits per heavy atom. The van der Waals surface area contributed by atoms with E-state index in [0.29, 0.717) is 18.3 Å². The molecule has 1 fully saturated rings. The molecule has 1 aliphatic rings. The molecule has 0 spiro atoms. The largest absolute Gasteiger partial charge is 0.338 e. The van der Waals surface area contributed by atoms with Crippen molar-refractivity contribution in [1.82, 2.24) is 15.0 Å². The van der Waals surface area contributed by atoms with Gasteiger partial charge in [0.25, 0.3) is 0 Å². The fourth-order valence-electron chi connectivity index (χ4n) is 3.56. The lowest BCUT2D eigenvalue weighted by Gasteiger charge is -2.30. The molecule has 0 unspecified atom stereocenters. The van der Waals surface area contributed by atoms with Crippen molar-refractivity contribution in [2.45, 2.75) is 26.3 Å². The number of aromatic nitrogens is 2. The maximum Gasteiger partial charge on any atom is 0.241 e. The number of rotatable bonds is 5. The van der Waals surface area contributed by atoms with Crippen LogP contribution in [0.5, 0.6) is 0 Å². The minimum Gasteiger partial charge on any atom is -0.338 e. The van der Waals surface area contributed by atoms with Gasteiger partial charge in [0.05, 0.1) is 6.54 Å². The fraction of sp³-hybridized carbons (Fsp3) is 0.318. The molecule has 7 heteroatoms. The van der Waals surface area contributed by atoms with E-state index in [2.05, 4.69) is 36.3 Å². The first-order chi connectivity index (χ1) is 14.1. The van der Waals surface area contributed by atoms with Crippen LogP contribution in [0.1, 0.15) is 24.3 Å². The third-order valence-corrected chi connectivity index (χ3v) is 5.76. The molecule has 3 aromatic rings. The van der Waals surface area contributed by atoms with Crippen LogP contribution < -0.4 is 5.32 Å². The Kier molecular flexibility index (Phi) is 6.06. The van der Waals surface area contributed by atoms with Gasteiger partial charge in [0, 0.05) is 21.6 Å². The van der Waals surface area contributed by atoms with Gasteiger partial charge in [-0.2, -0.15) is 4.98 Å². The molecule has 4 rings (SSSR count). The highest BCUT2D eigenvalue weighted by molar-refractivity contribution is 9.10. The summed E-state index contributed by atoms with van der Waals surface area (Å²) < 4.78 is 6.41. The van der Waals surface area contributed by atoms with Gasteiger partial charge >= 0.3 is 0 Å². The smallest absolute Gasteiger partial charge is 0.241 e. The van der Waals surface area contributed by atoms with Gasteiger partial charge in [-0.3, -0.25) is 9.69 Å². The summed E-state index contributed by atoms with van der Waals surface area (Å²) >= 11 is 3.46. The molecule has 0 bridgehead atoms. The molecule has 29 heavy (non-hydrogen) atoms. The number of piperidine rings is 1. The van der Waals surface area contributed by atoms with Gasteiger partial charge in [0.1, 0.15) is 0 Å². The summed E-state index contributed by atoms with van der Waals surface area (Å²) in [6.45, 7) is 4.28. The van der Waals surface area contributed by atoms with Crippen molar-refractivity contribution in [2.24, 2.45) is 5.92 Å². The van der Waals surface area contributed by atoms with E-state index in [0.717, 1.165) is 47.2 Å². The Labute approximate surface area is 178 Å². The number of amides is 1. The van der Waals surface area contributed by atoms with Crippen molar-refractivity contribution >= 4 is 27.5 Å². The second-order valence-electron chi connectivity index (χ2n) is 7.38. The zero-order valence-electron chi connectivity index (χ0n) is 16.3. The molecule has 1 aromatic heterocycles. The summed E-state index contributed by atoms with van der Waals surface area (Å²) in [6, 6.07) is 15.7. The number of hydrogen-bond donors (Lipinski definition) is 1.